The van der Waals surface area contributed by atoms with E-state index in [1.807, 2.05) is 0 Å². The van der Waals surface area contributed by atoms with Gasteiger partial charge in [-0.25, -0.2) is 0 Å². The van der Waals surface area contributed by atoms with E-state index in [-0.39, 0.29) is 5.54 Å². The van der Waals surface area contributed by atoms with Gasteiger partial charge >= 0.3 is 0 Å². The van der Waals surface area contributed by atoms with Crippen LogP contribution in [0, 0.1) is 0 Å². The number of rotatable bonds is 6. The van der Waals surface area contributed by atoms with Crippen molar-refractivity contribution >= 4 is 0 Å². The Bertz CT molecular complexity index is 419. The van der Waals surface area contributed by atoms with Crippen LogP contribution in [0.15, 0.2) is 24.3 Å². The molecule has 0 atom stereocenters. The summed E-state index contributed by atoms with van der Waals surface area (Å²) in [7, 11) is 0. The Balaban J connectivity index is 1.84. The van der Waals surface area contributed by atoms with Crippen molar-refractivity contribution in [2.45, 2.75) is 58.3 Å². The first-order valence-corrected chi connectivity index (χ1v) is 8.06. The molecule has 21 heavy (non-hydrogen) atoms. The second-order valence-corrected chi connectivity index (χ2v) is 6.82. The third kappa shape index (κ3) is 6.16. The predicted molar refractivity (Wildman–Crippen MR) is 86.5 cm³/mol. The summed E-state index contributed by atoms with van der Waals surface area (Å²) in [6, 6.07) is 8.62. The molecular formula is C18H29NO2. The van der Waals surface area contributed by atoms with Gasteiger partial charge < -0.3 is 14.8 Å². The fraction of sp³-hybridized carbons (Fsp3) is 0.667. The third-order valence-corrected chi connectivity index (χ3v) is 3.81. The molecule has 0 unspecified atom stereocenters. The van der Waals surface area contributed by atoms with Crippen LogP contribution in [0.3, 0.4) is 0 Å². The van der Waals surface area contributed by atoms with Crippen LogP contribution in [0.4, 0.5) is 0 Å². The summed E-state index contributed by atoms with van der Waals surface area (Å²) in [5, 5.41) is 3.55. The lowest BCUT2D eigenvalue weighted by Crippen LogP contribution is -2.37. The standard InChI is InChI=1S/C18H29NO2/c1-18(2,3)19-11-8-15-6-4-5-7-16(15)14-21-17-9-12-20-13-10-17/h4-7,17,19H,8-14H2,1-3H3. The van der Waals surface area contributed by atoms with E-state index >= 15 is 0 Å². The van der Waals surface area contributed by atoms with Gasteiger partial charge in [-0.1, -0.05) is 24.3 Å². The molecule has 1 aliphatic rings. The molecule has 0 bridgehead atoms. The molecule has 0 spiro atoms. The van der Waals surface area contributed by atoms with Crippen molar-refractivity contribution in [3.05, 3.63) is 35.4 Å². The first-order chi connectivity index (χ1) is 10.0. The van der Waals surface area contributed by atoms with Crippen molar-refractivity contribution in [2.75, 3.05) is 19.8 Å². The minimum absolute atomic E-state index is 0.174. The summed E-state index contributed by atoms with van der Waals surface area (Å²) in [6.07, 6.45) is 3.45. The van der Waals surface area contributed by atoms with Gasteiger partial charge in [0.05, 0.1) is 12.7 Å². The Kier molecular flexibility index (Phi) is 6.22. The number of hydrogen-bond acceptors (Lipinski definition) is 3. The average Bonchev–Trinajstić information content (AvgIpc) is 2.46. The monoisotopic (exact) mass is 291 g/mol. The number of hydrogen-bond donors (Lipinski definition) is 1. The van der Waals surface area contributed by atoms with Gasteiger partial charge in [0.25, 0.3) is 0 Å². The van der Waals surface area contributed by atoms with Crippen LogP contribution < -0.4 is 5.32 Å². The average molecular weight is 291 g/mol. The lowest BCUT2D eigenvalue weighted by molar-refractivity contribution is -0.0392. The van der Waals surface area contributed by atoms with E-state index in [0.29, 0.717) is 6.10 Å². The molecule has 1 N–H and O–H groups in total. The van der Waals surface area contributed by atoms with Gasteiger partial charge in [-0.05, 0) is 57.7 Å². The zero-order valence-electron chi connectivity index (χ0n) is 13.7. The van der Waals surface area contributed by atoms with E-state index in [2.05, 4.69) is 50.4 Å². The Morgan fingerprint density at radius 1 is 1.14 bits per heavy atom. The summed E-state index contributed by atoms with van der Waals surface area (Å²) >= 11 is 0. The fourth-order valence-corrected chi connectivity index (χ4v) is 2.56. The van der Waals surface area contributed by atoms with Gasteiger partial charge in [0.2, 0.25) is 0 Å². The molecule has 0 amide bonds. The highest BCUT2D eigenvalue weighted by Crippen LogP contribution is 2.16. The minimum atomic E-state index is 0.174. The predicted octanol–water partition coefficient (Wildman–Crippen LogP) is 3.31. The summed E-state index contributed by atoms with van der Waals surface area (Å²) in [5.41, 5.74) is 2.88. The molecule has 1 heterocycles. The largest absolute Gasteiger partial charge is 0.381 e. The van der Waals surface area contributed by atoms with Crippen molar-refractivity contribution in [3.8, 4) is 0 Å². The lowest BCUT2D eigenvalue weighted by Gasteiger charge is -2.23. The van der Waals surface area contributed by atoms with Gasteiger partial charge in [-0.15, -0.1) is 0 Å². The SMILES string of the molecule is CC(C)(C)NCCc1ccccc1COC1CCOCC1. The zero-order chi connectivity index (χ0) is 15.1. The van der Waals surface area contributed by atoms with E-state index in [1.54, 1.807) is 0 Å². The second-order valence-electron chi connectivity index (χ2n) is 6.82. The minimum Gasteiger partial charge on any atom is -0.381 e. The van der Waals surface area contributed by atoms with Gasteiger partial charge in [0.1, 0.15) is 0 Å². The summed E-state index contributed by atoms with van der Waals surface area (Å²) in [4.78, 5) is 0. The van der Waals surface area contributed by atoms with Crippen LogP contribution in [0.2, 0.25) is 0 Å². The van der Waals surface area contributed by atoms with E-state index in [0.717, 1.165) is 45.6 Å². The molecule has 1 fully saturated rings. The zero-order valence-corrected chi connectivity index (χ0v) is 13.7. The molecule has 1 aromatic carbocycles. The lowest BCUT2D eigenvalue weighted by atomic mass is 10.0. The maximum atomic E-state index is 6.06. The summed E-state index contributed by atoms with van der Waals surface area (Å²) < 4.78 is 11.4. The van der Waals surface area contributed by atoms with Crippen LogP contribution in [-0.4, -0.2) is 31.4 Å². The van der Waals surface area contributed by atoms with Crippen LogP contribution in [0.25, 0.3) is 0 Å². The summed E-state index contributed by atoms with van der Waals surface area (Å²) in [6.45, 7) is 9.99. The Hall–Kier alpha value is -0.900. The van der Waals surface area contributed by atoms with Crippen LogP contribution in [0.5, 0.6) is 0 Å². The van der Waals surface area contributed by atoms with Crippen molar-refractivity contribution in [1.29, 1.82) is 0 Å². The fourth-order valence-electron chi connectivity index (χ4n) is 2.56. The highest BCUT2D eigenvalue weighted by atomic mass is 16.5. The molecule has 0 aromatic heterocycles. The van der Waals surface area contributed by atoms with Crippen molar-refractivity contribution in [1.82, 2.24) is 5.32 Å². The molecule has 1 saturated heterocycles. The topological polar surface area (TPSA) is 30.5 Å². The molecule has 2 rings (SSSR count). The summed E-state index contributed by atoms with van der Waals surface area (Å²) in [5.74, 6) is 0. The van der Waals surface area contributed by atoms with Crippen molar-refractivity contribution < 1.29 is 9.47 Å². The van der Waals surface area contributed by atoms with E-state index in [9.17, 15) is 0 Å². The molecule has 3 heteroatoms. The second kappa shape index (κ2) is 7.92. The maximum Gasteiger partial charge on any atom is 0.0723 e. The van der Waals surface area contributed by atoms with Gasteiger partial charge in [0, 0.05) is 18.8 Å². The molecular weight excluding hydrogens is 262 g/mol. The Labute approximate surface area is 129 Å². The third-order valence-electron chi connectivity index (χ3n) is 3.81. The molecule has 3 nitrogen and oxygen atoms in total. The number of benzene rings is 1. The quantitative estimate of drug-likeness (QED) is 0.872. The first kappa shape index (κ1) is 16.5. The van der Waals surface area contributed by atoms with Crippen LogP contribution >= 0.6 is 0 Å². The molecule has 1 aliphatic heterocycles. The maximum absolute atomic E-state index is 6.06. The molecule has 118 valence electrons. The highest BCUT2D eigenvalue weighted by Gasteiger charge is 2.15. The van der Waals surface area contributed by atoms with Crippen LogP contribution in [0.1, 0.15) is 44.7 Å². The van der Waals surface area contributed by atoms with E-state index in [1.165, 1.54) is 11.1 Å². The molecule has 0 saturated carbocycles. The Morgan fingerprint density at radius 2 is 1.81 bits per heavy atom. The van der Waals surface area contributed by atoms with Crippen LogP contribution in [-0.2, 0) is 22.5 Å². The Morgan fingerprint density at radius 3 is 2.48 bits per heavy atom. The van der Waals surface area contributed by atoms with Gasteiger partial charge in [-0.3, -0.25) is 0 Å². The molecule has 0 aliphatic carbocycles. The number of ether oxygens (including phenoxy) is 2. The van der Waals surface area contributed by atoms with Crippen molar-refractivity contribution in [3.63, 3.8) is 0 Å². The van der Waals surface area contributed by atoms with Crippen molar-refractivity contribution in [2.24, 2.45) is 0 Å². The van der Waals surface area contributed by atoms with Gasteiger partial charge in [-0.2, -0.15) is 0 Å². The number of nitrogens with one attached hydrogen (secondary N) is 1. The van der Waals surface area contributed by atoms with E-state index in [4.69, 9.17) is 9.47 Å². The highest BCUT2D eigenvalue weighted by molar-refractivity contribution is 5.26. The first-order valence-electron chi connectivity index (χ1n) is 8.06. The van der Waals surface area contributed by atoms with E-state index < -0.39 is 0 Å². The normalized spacial score (nSPS) is 17.1. The van der Waals surface area contributed by atoms with Gasteiger partial charge in [0.15, 0.2) is 0 Å². The molecule has 0 radical (unpaired) electrons. The smallest absolute Gasteiger partial charge is 0.0723 e. The molecule has 1 aromatic rings.